The van der Waals surface area contributed by atoms with Gasteiger partial charge in [0, 0.05) is 22.7 Å². The molecule has 3 aromatic rings. The normalized spacial score (nSPS) is 15.4. The predicted octanol–water partition coefficient (Wildman–Crippen LogP) is 3.79. The Hall–Kier alpha value is -3.62. The number of ether oxygens (including phenoxy) is 1. The van der Waals surface area contributed by atoms with Gasteiger partial charge in [-0.05, 0) is 30.3 Å². The SMILES string of the molecule is COC(=O)Cn1cc(/C=C2\C(=O)NC(=O)N(c3ccc(Cl)c(Cl)c3)C2=O)c2ccccc21. The maximum Gasteiger partial charge on any atom is 0.335 e. The van der Waals surface area contributed by atoms with E-state index in [1.165, 1.54) is 31.4 Å². The van der Waals surface area contributed by atoms with Crippen LogP contribution < -0.4 is 10.2 Å². The van der Waals surface area contributed by atoms with E-state index in [1.54, 1.807) is 35.0 Å². The maximum absolute atomic E-state index is 13.1. The summed E-state index contributed by atoms with van der Waals surface area (Å²) in [5, 5.41) is 3.28. The highest BCUT2D eigenvalue weighted by Crippen LogP contribution is 2.30. The van der Waals surface area contributed by atoms with Gasteiger partial charge in [-0.25, -0.2) is 9.69 Å². The molecule has 1 aliphatic rings. The number of para-hydroxylation sites is 1. The molecule has 1 saturated heterocycles. The number of barbiturate groups is 1. The highest BCUT2D eigenvalue weighted by atomic mass is 35.5. The first-order valence-electron chi connectivity index (χ1n) is 9.31. The summed E-state index contributed by atoms with van der Waals surface area (Å²) in [4.78, 5) is 50.6. The van der Waals surface area contributed by atoms with Crippen molar-refractivity contribution < 1.29 is 23.9 Å². The van der Waals surface area contributed by atoms with E-state index in [0.717, 1.165) is 4.90 Å². The third-order valence-corrected chi connectivity index (χ3v) is 5.65. The molecule has 2 aromatic carbocycles. The third-order valence-electron chi connectivity index (χ3n) is 4.91. The van der Waals surface area contributed by atoms with E-state index in [1.807, 2.05) is 0 Å². The van der Waals surface area contributed by atoms with E-state index >= 15 is 0 Å². The van der Waals surface area contributed by atoms with Crippen LogP contribution in [0.15, 0.2) is 54.2 Å². The van der Waals surface area contributed by atoms with Crippen LogP contribution in [-0.2, 0) is 25.7 Å². The monoisotopic (exact) mass is 471 g/mol. The molecule has 32 heavy (non-hydrogen) atoms. The smallest absolute Gasteiger partial charge is 0.335 e. The van der Waals surface area contributed by atoms with Gasteiger partial charge in [-0.3, -0.25) is 19.7 Å². The average molecular weight is 472 g/mol. The van der Waals surface area contributed by atoms with Gasteiger partial charge in [0.1, 0.15) is 12.1 Å². The number of urea groups is 1. The van der Waals surface area contributed by atoms with Crippen LogP contribution >= 0.6 is 23.2 Å². The number of fused-ring (bicyclic) bond motifs is 1. The van der Waals surface area contributed by atoms with Crippen molar-refractivity contribution in [1.82, 2.24) is 9.88 Å². The number of carbonyl (C=O) groups excluding carboxylic acids is 4. The minimum Gasteiger partial charge on any atom is -0.468 e. The maximum atomic E-state index is 13.1. The zero-order valence-electron chi connectivity index (χ0n) is 16.6. The molecule has 0 spiro atoms. The van der Waals surface area contributed by atoms with Crippen LogP contribution in [0.5, 0.6) is 0 Å². The van der Waals surface area contributed by atoms with E-state index in [9.17, 15) is 19.2 Å². The van der Waals surface area contributed by atoms with Crippen molar-refractivity contribution in [2.24, 2.45) is 0 Å². The predicted molar refractivity (Wildman–Crippen MR) is 119 cm³/mol. The lowest BCUT2D eigenvalue weighted by molar-refractivity contribution is -0.141. The van der Waals surface area contributed by atoms with Gasteiger partial charge in [-0.2, -0.15) is 0 Å². The molecule has 1 aliphatic heterocycles. The number of carbonyl (C=O) groups is 4. The number of benzene rings is 2. The second kappa shape index (κ2) is 8.49. The minimum absolute atomic E-state index is 0.0474. The molecule has 4 rings (SSSR count). The molecular formula is C22H15Cl2N3O5. The van der Waals surface area contributed by atoms with Crippen molar-refractivity contribution in [2.45, 2.75) is 6.54 Å². The van der Waals surface area contributed by atoms with Gasteiger partial charge in [0.05, 0.1) is 22.8 Å². The van der Waals surface area contributed by atoms with Gasteiger partial charge in [0.2, 0.25) is 0 Å². The molecule has 1 N–H and O–H groups in total. The first kappa shape index (κ1) is 21.6. The van der Waals surface area contributed by atoms with Gasteiger partial charge in [-0.1, -0.05) is 41.4 Å². The second-order valence-electron chi connectivity index (χ2n) is 6.86. The molecule has 0 unspecified atom stereocenters. The number of nitrogens with one attached hydrogen (secondary N) is 1. The number of imide groups is 2. The van der Waals surface area contributed by atoms with Crippen LogP contribution in [-0.4, -0.2) is 35.5 Å². The van der Waals surface area contributed by atoms with Gasteiger partial charge in [-0.15, -0.1) is 0 Å². The number of amides is 4. The first-order chi connectivity index (χ1) is 15.3. The largest absolute Gasteiger partial charge is 0.468 e. The summed E-state index contributed by atoms with van der Waals surface area (Å²) in [5.41, 5.74) is 1.14. The van der Waals surface area contributed by atoms with E-state index in [4.69, 9.17) is 27.9 Å². The lowest BCUT2D eigenvalue weighted by Crippen LogP contribution is -2.54. The Morgan fingerprint density at radius 3 is 2.56 bits per heavy atom. The topological polar surface area (TPSA) is 97.7 Å². The van der Waals surface area contributed by atoms with E-state index < -0.39 is 23.8 Å². The average Bonchev–Trinajstić information content (AvgIpc) is 3.10. The molecule has 0 aliphatic carbocycles. The zero-order valence-corrected chi connectivity index (χ0v) is 18.1. The van der Waals surface area contributed by atoms with Crippen molar-refractivity contribution >= 4 is 69.7 Å². The summed E-state index contributed by atoms with van der Waals surface area (Å²) in [7, 11) is 1.29. The van der Waals surface area contributed by atoms with E-state index in [-0.39, 0.29) is 27.9 Å². The molecule has 1 aromatic heterocycles. The van der Waals surface area contributed by atoms with Crippen LogP contribution in [0.2, 0.25) is 10.0 Å². The number of aromatic nitrogens is 1. The lowest BCUT2D eigenvalue weighted by atomic mass is 10.1. The van der Waals surface area contributed by atoms with Gasteiger partial charge >= 0.3 is 12.0 Å². The number of hydrogen-bond donors (Lipinski definition) is 1. The summed E-state index contributed by atoms with van der Waals surface area (Å²) in [6, 6.07) is 10.5. The standard InChI is InChI=1S/C22H15Cl2N3O5/c1-32-19(28)11-26-10-12(14-4-2-3-5-18(14)26)8-15-20(29)25-22(31)27(21(15)30)13-6-7-16(23)17(24)9-13/h2-10H,11H2,1H3,(H,25,29,31)/b15-8+. The van der Waals surface area contributed by atoms with Crippen molar-refractivity contribution in [1.29, 1.82) is 0 Å². The molecule has 0 radical (unpaired) electrons. The van der Waals surface area contributed by atoms with Crippen molar-refractivity contribution in [3.05, 3.63) is 69.8 Å². The van der Waals surface area contributed by atoms with Crippen molar-refractivity contribution in [3.63, 3.8) is 0 Å². The molecule has 162 valence electrons. The summed E-state index contributed by atoms with van der Waals surface area (Å²) in [6.07, 6.45) is 3.01. The van der Waals surface area contributed by atoms with Gasteiger partial charge in [0.15, 0.2) is 0 Å². The molecule has 0 atom stereocenters. The zero-order chi connectivity index (χ0) is 23.0. The van der Waals surface area contributed by atoms with Gasteiger partial charge in [0.25, 0.3) is 11.8 Å². The first-order valence-corrected chi connectivity index (χ1v) is 10.1. The Labute approximate surface area is 191 Å². The molecule has 2 heterocycles. The number of nitrogens with zero attached hydrogens (tertiary/aromatic N) is 2. The molecule has 0 saturated carbocycles. The molecule has 10 heteroatoms. The number of hydrogen-bond acceptors (Lipinski definition) is 5. The molecule has 1 fully saturated rings. The Morgan fingerprint density at radius 2 is 1.84 bits per heavy atom. The molecule has 8 nitrogen and oxygen atoms in total. The molecule has 4 amide bonds. The van der Waals surface area contributed by atoms with E-state index in [0.29, 0.717) is 16.5 Å². The number of esters is 1. The summed E-state index contributed by atoms with van der Waals surface area (Å²) in [5.74, 6) is -2.10. The lowest BCUT2D eigenvalue weighted by Gasteiger charge is -2.26. The highest BCUT2D eigenvalue weighted by molar-refractivity contribution is 6.43. The fourth-order valence-electron chi connectivity index (χ4n) is 3.40. The Morgan fingerprint density at radius 1 is 1.09 bits per heavy atom. The number of methoxy groups -OCH3 is 1. The summed E-state index contributed by atoms with van der Waals surface area (Å²) >= 11 is 11.9. The fourth-order valence-corrected chi connectivity index (χ4v) is 3.69. The van der Waals surface area contributed by atoms with Crippen molar-refractivity contribution in [3.8, 4) is 0 Å². The second-order valence-corrected chi connectivity index (χ2v) is 7.68. The number of rotatable bonds is 4. The number of halogens is 2. The molecule has 0 bridgehead atoms. The number of anilines is 1. The highest BCUT2D eigenvalue weighted by Gasteiger charge is 2.37. The Kier molecular flexibility index (Phi) is 5.73. The quantitative estimate of drug-likeness (QED) is 0.354. The summed E-state index contributed by atoms with van der Waals surface area (Å²) < 4.78 is 6.38. The third kappa shape index (κ3) is 3.86. The Balaban J connectivity index is 1.79. The van der Waals surface area contributed by atoms with Gasteiger partial charge < -0.3 is 9.30 Å². The van der Waals surface area contributed by atoms with Crippen molar-refractivity contribution in [2.75, 3.05) is 12.0 Å². The van der Waals surface area contributed by atoms with Crippen LogP contribution in [0.25, 0.3) is 17.0 Å². The van der Waals surface area contributed by atoms with Crippen LogP contribution in [0.1, 0.15) is 5.56 Å². The Bertz CT molecular complexity index is 1330. The van der Waals surface area contributed by atoms with E-state index in [2.05, 4.69) is 5.32 Å². The minimum atomic E-state index is -0.899. The van der Waals surface area contributed by atoms with Crippen LogP contribution in [0, 0.1) is 0 Å². The molecular weight excluding hydrogens is 457 g/mol. The van der Waals surface area contributed by atoms with Crippen LogP contribution in [0.3, 0.4) is 0 Å². The fraction of sp³-hybridized carbons (Fsp3) is 0.0909. The van der Waals surface area contributed by atoms with Crippen LogP contribution in [0.4, 0.5) is 10.5 Å². The summed E-state index contributed by atoms with van der Waals surface area (Å²) in [6.45, 7) is -0.0474.